The SMILES string of the molecule is Cc1ccc(S(=O)(=O)C(CCCCN(C(=O)OC(C)(C)C)S(C)(=O)=O)c2cc(F)ccc2F)cc1. The lowest BCUT2D eigenvalue weighted by Crippen LogP contribution is -2.40. The molecule has 7 nitrogen and oxygen atoms in total. The monoisotopic (exact) mass is 531 g/mol. The Labute approximate surface area is 206 Å². The number of sulfone groups is 1. The molecule has 2 aromatic carbocycles. The molecule has 0 bridgehead atoms. The van der Waals surface area contributed by atoms with Crippen molar-refractivity contribution in [2.45, 2.75) is 62.7 Å². The molecule has 0 aliphatic rings. The molecule has 1 amide bonds. The smallest absolute Gasteiger partial charge is 0.424 e. The van der Waals surface area contributed by atoms with E-state index in [9.17, 15) is 30.4 Å². The molecule has 1 unspecified atom stereocenters. The van der Waals surface area contributed by atoms with E-state index in [4.69, 9.17) is 4.74 Å². The second-order valence-corrected chi connectivity index (χ2v) is 13.4. The van der Waals surface area contributed by atoms with Crippen LogP contribution in [0.3, 0.4) is 0 Å². The molecule has 2 rings (SSSR count). The number of nitrogens with zero attached hydrogens (tertiary/aromatic N) is 1. The summed E-state index contributed by atoms with van der Waals surface area (Å²) in [5.41, 5.74) is -0.388. The first kappa shape index (κ1) is 28.7. The van der Waals surface area contributed by atoms with Gasteiger partial charge in [0, 0.05) is 12.1 Å². The van der Waals surface area contributed by atoms with E-state index in [1.54, 1.807) is 39.8 Å². The first-order valence-corrected chi connectivity index (χ1v) is 14.4. The van der Waals surface area contributed by atoms with E-state index in [0.717, 1.165) is 30.0 Å². The second-order valence-electron chi connectivity index (χ2n) is 9.32. The first-order valence-electron chi connectivity index (χ1n) is 11.0. The molecule has 2 aromatic rings. The van der Waals surface area contributed by atoms with Gasteiger partial charge in [0.2, 0.25) is 10.0 Å². The van der Waals surface area contributed by atoms with Gasteiger partial charge in [-0.3, -0.25) is 0 Å². The molecule has 0 spiro atoms. The van der Waals surface area contributed by atoms with Gasteiger partial charge in [-0.2, -0.15) is 0 Å². The van der Waals surface area contributed by atoms with Gasteiger partial charge in [0.15, 0.2) is 9.84 Å². The van der Waals surface area contributed by atoms with Crippen LogP contribution >= 0.6 is 0 Å². The van der Waals surface area contributed by atoms with Crippen LogP contribution in [0.5, 0.6) is 0 Å². The molecule has 0 heterocycles. The van der Waals surface area contributed by atoms with E-state index in [1.165, 1.54) is 12.1 Å². The number of hydrogen-bond donors (Lipinski definition) is 0. The Bertz CT molecular complexity index is 1250. The van der Waals surface area contributed by atoms with Crippen molar-refractivity contribution in [1.29, 1.82) is 0 Å². The number of hydrogen-bond acceptors (Lipinski definition) is 6. The number of unbranched alkanes of at least 4 members (excludes halogenated alkanes) is 1. The molecule has 0 N–H and O–H groups in total. The van der Waals surface area contributed by atoms with Crippen molar-refractivity contribution < 1.29 is 35.1 Å². The van der Waals surface area contributed by atoms with E-state index in [1.807, 2.05) is 0 Å². The number of sulfonamides is 1. The maximum atomic E-state index is 14.6. The summed E-state index contributed by atoms with van der Waals surface area (Å²) in [5.74, 6) is -1.64. The van der Waals surface area contributed by atoms with Crippen LogP contribution in [0, 0.1) is 18.6 Å². The molecular formula is C24H31F2NO6S2. The van der Waals surface area contributed by atoms with Crippen LogP contribution in [0.15, 0.2) is 47.4 Å². The van der Waals surface area contributed by atoms with Crippen molar-refractivity contribution in [1.82, 2.24) is 4.31 Å². The lowest BCUT2D eigenvalue weighted by atomic mass is 10.1. The van der Waals surface area contributed by atoms with Gasteiger partial charge in [-0.05, 0) is 77.3 Å². The van der Waals surface area contributed by atoms with E-state index >= 15 is 0 Å². The number of carbonyl (C=O) groups is 1. The zero-order valence-electron chi connectivity index (χ0n) is 20.4. The lowest BCUT2D eigenvalue weighted by molar-refractivity contribution is 0.0390. The van der Waals surface area contributed by atoms with Gasteiger partial charge in [0.25, 0.3) is 0 Å². The number of halogens is 2. The molecule has 0 fully saturated rings. The topological polar surface area (TPSA) is 97.8 Å². The Morgan fingerprint density at radius 1 is 1.00 bits per heavy atom. The van der Waals surface area contributed by atoms with E-state index in [2.05, 4.69) is 0 Å². The summed E-state index contributed by atoms with van der Waals surface area (Å²) < 4.78 is 85.2. The number of rotatable bonds is 9. The Morgan fingerprint density at radius 3 is 2.14 bits per heavy atom. The van der Waals surface area contributed by atoms with Gasteiger partial charge in [0.1, 0.15) is 17.2 Å². The number of amides is 1. The van der Waals surface area contributed by atoms with Crippen molar-refractivity contribution in [3.63, 3.8) is 0 Å². The third-order valence-electron chi connectivity index (χ3n) is 5.10. The van der Waals surface area contributed by atoms with Crippen molar-refractivity contribution in [2.75, 3.05) is 12.8 Å². The average molecular weight is 532 g/mol. The number of benzene rings is 2. The predicted octanol–water partition coefficient (Wildman–Crippen LogP) is 5.16. The summed E-state index contributed by atoms with van der Waals surface area (Å²) >= 11 is 0. The van der Waals surface area contributed by atoms with Gasteiger partial charge < -0.3 is 4.74 Å². The molecule has 0 radical (unpaired) electrons. The van der Waals surface area contributed by atoms with Gasteiger partial charge in [-0.15, -0.1) is 0 Å². The third-order valence-corrected chi connectivity index (χ3v) is 8.40. The first-order chi connectivity index (χ1) is 16.0. The highest BCUT2D eigenvalue weighted by Gasteiger charge is 2.32. The molecule has 0 aromatic heterocycles. The lowest BCUT2D eigenvalue weighted by Gasteiger charge is -2.26. The second kappa shape index (κ2) is 11.0. The van der Waals surface area contributed by atoms with Crippen LogP contribution in [-0.4, -0.2) is 45.6 Å². The van der Waals surface area contributed by atoms with E-state index in [-0.39, 0.29) is 36.3 Å². The van der Waals surface area contributed by atoms with Crippen LogP contribution in [-0.2, 0) is 24.6 Å². The van der Waals surface area contributed by atoms with E-state index in [0.29, 0.717) is 4.31 Å². The summed E-state index contributed by atoms with van der Waals surface area (Å²) in [4.78, 5) is 12.3. The molecule has 0 saturated carbocycles. The van der Waals surface area contributed by atoms with Gasteiger partial charge >= 0.3 is 6.09 Å². The normalized spacial score (nSPS) is 13.3. The summed E-state index contributed by atoms with van der Waals surface area (Å²) in [6.07, 6.45) is -0.101. The highest BCUT2D eigenvalue weighted by Crippen LogP contribution is 2.35. The van der Waals surface area contributed by atoms with Crippen LogP contribution < -0.4 is 0 Å². The quantitative estimate of drug-likeness (QED) is 0.415. The van der Waals surface area contributed by atoms with E-state index < -0.39 is 48.4 Å². The maximum absolute atomic E-state index is 14.6. The zero-order chi connectivity index (χ0) is 26.6. The Balaban J connectivity index is 2.29. The van der Waals surface area contributed by atoms with Gasteiger partial charge in [-0.25, -0.2) is 34.7 Å². The molecule has 194 valence electrons. The molecule has 0 saturated heterocycles. The predicted molar refractivity (Wildman–Crippen MR) is 129 cm³/mol. The third kappa shape index (κ3) is 7.99. The summed E-state index contributed by atoms with van der Waals surface area (Å²) in [6, 6.07) is 8.66. The average Bonchev–Trinajstić information content (AvgIpc) is 2.70. The number of ether oxygens (including phenoxy) is 1. The van der Waals surface area contributed by atoms with Crippen LogP contribution in [0.2, 0.25) is 0 Å². The van der Waals surface area contributed by atoms with Crippen molar-refractivity contribution in [3.05, 3.63) is 65.2 Å². The summed E-state index contributed by atoms with van der Waals surface area (Å²) in [6.45, 7) is 6.33. The maximum Gasteiger partial charge on any atom is 0.424 e. The minimum Gasteiger partial charge on any atom is -0.443 e. The number of carbonyl (C=O) groups excluding carboxylic acids is 1. The molecule has 11 heteroatoms. The van der Waals surface area contributed by atoms with Crippen LogP contribution in [0.25, 0.3) is 0 Å². The minimum absolute atomic E-state index is 0.0386. The van der Waals surface area contributed by atoms with Crippen molar-refractivity contribution in [3.8, 4) is 0 Å². The minimum atomic E-state index is -4.11. The highest BCUT2D eigenvalue weighted by atomic mass is 32.2. The molecule has 0 aliphatic carbocycles. The fraction of sp³-hybridized carbons (Fsp3) is 0.458. The molecule has 0 aliphatic heterocycles. The Hall–Kier alpha value is -2.53. The largest absolute Gasteiger partial charge is 0.443 e. The fourth-order valence-electron chi connectivity index (χ4n) is 3.42. The molecule has 1 atom stereocenters. The molecule has 35 heavy (non-hydrogen) atoms. The standard InChI is InChI=1S/C24H31F2NO6S2/c1-17-9-12-19(13-10-17)35(31,32)22(20-16-18(25)11-14-21(20)26)8-6-7-15-27(34(5,29)30)23(28)33-24(2,3)4/h9-14,16,22H,6-8,15H2,1-5H3. The number of aryl methyl sites for hydroxylation is 1. The Morgan fingerprint density at radius 2 is 1.60 bits per heavy atom. The van der Waals surface area contributed by atoms with Gasteiger partial charge in [-0.1, -0.05) is 17.7 Å². The Kier molecular flexibility index (Phi) is 9.05. The zero-order valence-corrected chi connectivity index (χ0v) is 22.0. The van der Waals surface area contributed by atoms with Gasteiger partial charge in [0.05, 0.1) is 16.4 Å². The molecular weight excluding hydrogens is 500 g/mol. The van der Waals surface area contributed by atoms with Crippen molar-refractivity contribution in [2.24, 2.45) is 0 Å². The fourth-order valence-corrected chi connectivity index (χ4v) is 6.03. The highest BCUT2D eigenvalue weighted by molar-refractivity contribution is 7.91. The van der Waals surface area contributed by atoms with Crippen LogP contribution in [0.1, 0.15) is 56.4 Å². The van der Waals surface area contributed by atoms with Crippen LogP contribution in [0.4, 0.5) is 13.6 Å². The van der Waals surface area contributed by atoms with Crippen molar-refractivity contribution >= 4 is 26.0 Å². The summed E-state index contributed by atoms with van der Waals surface area (Å²) in [5, 5.41) is -1.41. The summed E-state index contributed by atoms with van der Waals surface area (Å²) in [7, 11) is -8.06.